The normalized spacial score (nSPS) is 16.4. The molecule has 0 bridgehead atoms. The Bertz CT molecular complexity index is 1040. The van der Waals surface area contributed by atoms with Crippen LogP contribution in [0.5, 0.6) is 5.75 Å². The number of nitro benzene ring substituents is 1. The Morgan fingerprint density at radius 2 is 1.83 bits per heavy atom. The number of nitro groups is 1. The first-order valence-corrected chi connectivity index (χ1v) is 9.33. The topological polar surface area (TPSA) is 122 Å². The number of thioether (sulfide) groups is 1. The van der Waals surface area contributed by atoms with E-state index in [-0.39, 0.29) is 34.4 Å². The van der Waals surface area contributed by atoms with Crippen LogP contribution in [0.2, 0.25) is 0 Å². The molecular weight excluding hydrogens is 396 g/mol. The molecule has 8 nitrogen and oxygen atoms in total. The van der Waals surface area contributed by atoms with Gasteiger partial charge in [0.25, 0.3) is 5.69 Å². The van der Waals surface area contributed by atoms with Crippen LogP contribution in [0.25, 0.3) is 6.08 Å². The fraction of sp³-hybridized carbons (Fsp3) is 0.100. The molecule has 0 atom stereocenters. The Morgan fingerprint density at radius 1 is 1.17 bits per heavy atom. The predicted molar refractivity (Wildman–Crippen MR) is 110 cm³/mol. The largest absolute Gasteiger partial charge is 0.508 e. The number of phenolic OH excluding ortho intramolecular Hbond substituents is 1. The van der Waals surface area contributed by atoms with Crippen LogP contribution in [0.15, 0.2) is 69.8 Å². The molecule has 3 rings (SSSR count). The summed E-state index contributed by atoms with van der Waals surface area (Å²) in [5.41, 5.74) is 0.945. The summed E-state index contributed by atoms with van der Waals surface area (Å²) in [5, 5.41) is 31.0. The van der Waals surface area contributed by atoms with E-state index in [4.69, 9.17) is 4.74 Å². The predicted octanol–water partition coefficient (Wildman–Crippen LogP) is 4.49. The minimum absolute atomic E-state index is 0.0692. The highest BCUT2D eigenvalue weighted by Crippen LogP contribution is 2.40. The number of carbonyl (C=O) groups excluding carboxylic acids is 1. The number of aliphatic hydroxyl groups is 1. The summed E-state index contributed by atoms with van der Waals surface area (Å²) < 4.78 is 5.03. The van der Waals surface area contributed by atoms with Crippen molar-refractivity contribution < 1.29 is 24.7 Å². The summed E-state index contributed by atoms with van der Waals surface area (Å²) in [5.74, 6) is -0.868. The standard InChI is InChI=1S/C20H16N2O6S/c1-2-28-20(25)17-18(24)16(11-12-3-9-15(23)10-4-12)29-19(17)21-13-5-7-14(8-6-13)22(26)27/h3-11,23-24H,2H2,1H3/b16-11-,21-19?. The fourth-order valence-electron chi connectivity index (χ4n) is 2.48. The summed E-state index contributed by atoms with van der Waals surface area (Å²) in [7, 11) is 0. The van der Waals surface area contributed by atoms with E-state index >= 15 is 0 Å². The summed E-state index contributed by atoms with van der Waals surface area (Å²) in [6, 6.07) is 11.8. The monoisotopic (exact) mass is 412 g/mol. The second-order valence-electron chi connectivity index (χ2n) is 5.84. The number of rotatable bonds is 5. The van der Waals surface area contributed by atoms with Crippen LogP contribution in [0.3, 0.4) is 0 Å². The van der Waals surface area contributed by atoms with Crippen molar-refractivity contribution in [3.8, 4) is 5.75 Å². The lowest BCUT2D eigenvalue weighted by Crippen LogP contribution is -2.12. The molecule has 0 unspecified atom stereocenters. The number of aromatic hydroxyl groups is 1. The average Bonchev–Trinajstić information content (AvgIpc) is 2.99. The van der Waals surface area contributed by atoms with Crippen molar-refractivity contribution in [1.29, 1.82) is 0 Å². The van der Waals surface area contributed by atoms with E-state index in [0.29, 0.717) is 16.2 Å². The van der Waals surface area contributed by atoms with Gasteiger partial charge in [-0.1, -0.05) is 23.9 Å². The average molecular weight is 412 g/mol. The number of hydrogen-bond acceptors (Lipinski definition) is 8. The maximum atomic E-state index is 12.4. The molecule has 29 heavy (non-hydrogen) atoms. The third kappa shape index (κ3) is 4.64. The molecule has 0 saturated carbocycles. The van der Waals surface area contributed by atoms with Crippen molar-refractivity contribution in [3.63, 3.8) is 0 Å². The third-order valence-corrected chi connectivity index (χ3v) is 4.87. The molecule has 0 aromatic heterocycles. The summed E-state index contributed by atoms with van der Waals surface area (Å²) >= 11 is 1.08. The molecule has 1 aliphatic rings. The van der Waals surface area contributed by atoms with Gasteiger partial charge in [-0.3, -0.25) is 10.1 Å². The number of benzene rings is 2. The Balaban J connectivity index is 2.00. The number of esters is 1. The van der Waals surface area contributed by atoms with Gasteiger partial charge in [0.2, 0.25) is 0 Å². The first kappa shape index (κ1) is 20.2. The number of aliphatic imine (C=N–C) groups is 1. The van der Waals surface area contributed by atoms with Gasteiger partial charge in [-0.25, -0.2) is 9.79 Å². The number of ether oxygens (including phenoxy) is 1. The van der Waals surface area contributed by atoms with Crippen LogP contribution in [0, 0.1) is 10.1 Å². The van der Waals surface area contributed by atoms with E-state index in [9.17, 15) is 25.1 Å². The van der Waals surface area contributed by atoms with Crippen LogP contribution in [-0.4, -0.2) is 32.8 Å². The summed E-state index contributed by atoms with van der Waals surface area (Å²) in [4.78, 5) is 27.4. The van der Waals surface area contributed by atoms with E-state index in [0.717, 1.165) is 11.8 Å². The molecule has 0 saturated heterocycles. The van der Waals surface area contributed by atoms with Gasteiger partial charge in [-0.15, -0.1) is 0 Å². The van der Waals surface area contributed by atoms with Crippen molar-refractivity contribution in [2.75, 3.05) is 6.61 Å². The number of aliphatic hydroxyl groups excluding tert-OH is 1. The van der Waals surface area contributed by atoms with Gasteiger partial charge in [0.1, 0.15) is 22.1 Å². The molecule has 2 aromatic carbocycles. The zero-order valence-corrected chi connectivity index (χ0v) is 16.0. The molecule has 0 amide bonds. The SMILES string of the molecule is CCOC(=O)C1=C(O)/C(=C/c2ccc(O)cc2)SC1=Nc1ccc([N+](=O)[O-])cc1. The Morgan fingerprint density at radius 3 is 2.41 bits per heavy atom. The minimum atomic E-state index is -0.715. The van der Waals surface area contributed by atoms with Crippen LogP contribution >= 0.6 is 11.8 Å². The Hall–Kier alpha value is -3.59. The smallest absolute Gasteiger partial charge is 0.344 e. The van der Waals surface area contributed by atoms with Gasteiger partial charge in [-0.05, 0) is 42.8 Å². The van der Waals surface area contributed by atoms with Crippen LogP contribution in [0.1, 0.15) is 12.5 Å². The van der Waals surface area contributed by atoms with Gasteiger partial charge in [0.05, 0.1) is 22.1 Å². The number of nitrogens with zero attached hydrogens (tertiary/aromatic N) is 2. The highest BCUT2D eigenvalue weighted by Gasteiger charge is 2.33. The van der Waals surface area contributed by atoms with Crippen molar-refractivity contribution in [2.45, 2.75) is 6.92 Å². The quantitative estimate of drug-likeness (QED) is 0.421. The van der Waals surface area contributed by atoms with Crippen molar-refractivity contribution in [1.82, 2.24) is 0 Å². The van der Waals surface area contributed by atoms with Crippen LogP contribution in [-0.2, 0) is 9.53 Å². The minimum Gasteiger partial charge on any atom is -0.508 e. The lowest BCUT2D eigenvalue weighted by Gasteiger charge is -2.03. The summed E-state index contributed by atoms with van der Waals surface area (Å²) in [6.45, 7) is 1.78. The molecule has 1 aliphatic heterocycles. The zero-order valence-electron chi connectivity index (χ0n) is 15.2. The maximum Gasteiger partial charge on any atom is 0.344 e. The molecular formula is C20H16N2O6S. The van der Waals surface area contributed by atoms with Gasteiger partial charge < -0.3 is 14.9 Å². The lowest BCUT2D eigenvalue weighted by molar-refractivity contribution is -0.384. The third-order valence-electron chi connectivity index (χ3n) is 3.85. The first-order chi connectivity index (χ1) is 13.9. The van der Waals surface area contributed by atoms with E-state index in [2.05, 4.69) is 4.99 Å². The molecule has 0 fully saturated rings. The second-order valence-corrected chi connectivity index (χ2v) is 6.87. The number of phenols is 1. The Kier molecular flexibility index (Phi) is 5.99. The number of non-ortho nitro benzene ring substituents is 1. The van der Waals surface area contributed by atoms with Crippen LogP contribution in [0.4, 0.5) is 11.4 Å². The second kappa shape index (κ2) is 8.61. The molecule has 148 valence electrons. The molecule has 1 heterocycles. The maximum absolute atomic E-state index is 12.4. The van der Waals surface area contributed by atoms with Crippen molar-refractivity contribution >= 4 is 40.2 Å². The van der Waals surface area contributed by atoms with Gasteiger partial charge in [-0.2, -0.15) is 0 Å². The number of carbonyl (C=O) groups is 1. The highest BCUT2D eigenvalue weighted by molar-refractivity contribution is 8.18. The molecule has 0 aliphatic carbocycles. The zero-order chi connectivity index (χ0) is 21.0. The van der Waals surface area contributed by atoms with Gasteiger partial charge in [0, 0.05) is 12.1 Å². The fourth-order valence-corrected chi connectivity index (χ4v) is 3.52. The number of hydrogen-bond donors (Lipinski definition) is 2. The lowest BCUT2D eigenvalue weighted by atomic mass is 10.1. The molecule has 0 spiro atoms. The first-order valence-electron chi connectivity index (χ1n) is 8.52. The molecule has 0 radical (unpaired) electrons. The molecule has 2 N–H and O–H groups in total. The van der Waals surface area contributed by atoms with Crippen molar-refractivity contribution in [3.05, 3.63) is 80.4 Å². The van der Waals surface area contributed by atoms with E-state index in [1.165, 1.54) is 36.4 Å². The van der Waals surface area contributed by atoms with Crippen molar-refractivity contribution in [2.24, 2.45) is 4.99 Å². The highest BCUT2D eigenvalue weighted by atomic mass is 32.2. The van der Waals surface area contributed by atoms with E-state index < -0.39 is 10.9 Å². The van der Waals surface area contributed by atoms with Crippen LogP contribution < -0.4 is 0 Å². The van der Waals surface area contributed by atoms with Gasteiger partial charge in [0.15, 0.2) is 0 Å². The molecule has 9 heteroatoms. The molecule has 2 aromatic rings. The van der Waals surface area contributed by atoms with Gasteiger partial charge >= 0.3 is 5.97 Å². The summed E-state index contributed by atoms with van der Waals surface area (Å²) in [6.07, 6.45) is 1.65. The van der Waals surface area contributed by atoms with E-state index in [1.807, 2.05) is 0 Å². The van der Waals surface area contributed by atoms with E-state index in [1.54, 1.807) is 25.1 Å². The Labute approximate surface area is 170 Å².